The molecule has 0 unspecified atom stereocenters. The van der Waals surface area contributed by atoms with Crippen molar-refractivity contribution in [2.24, 2.45) is 0 Å². The molecule has 0 aliphatic rings. The topological polar surface area (TPSA) is 38.0 Å². The second kappa shape index (κ2) is 4.23. The molecule has 0 spiro atoms. The van der Waals surface area contributed by atoms with Gasteiger partial charge in [-0.05, 0) is 42.8 Å². The van der Waals surface area contributed by atoms with Crippen LogP contribution in [0.3, 0.4) is 0 Å². The van der Waals surface area contributed by atoms with Crippen LogP contribution in [0.25, 0.3) is 0 Å². The van der Waals surface area contributed by atoms with Crippen molar-refractivity contribution in [3.63, 3.8) is 0 Å². The highest BCUT2D eigenvalue weighted by molar-refractivity contribution is 5.62. The second-order valence-corrected chi connectivity index (χ2v) is 3.73. The molecule has 0 radical (unpaired) electrons. The minimum atomic E-state index is -0.405. The third-order valence-electron chi connectivity index (χ3n) is 2.31. The van der Waals surface area contributed by atoms with Gasteiger partial charge < -0.3 is 11.1 Å². The number of aryl methyl sites for hydroxylation is 1. The largest absolute Gasteiger partial charge is 0.396 e. The van der Waals surface area contributed by atoms with Gasteiger partial charge in [-0.2, -0.15) is 0 Å². The molecule has 0 heterocycles. The zero-order chi connectivity index (χ0) is 11.5. The van der Waals surface area contributed by atoms with E-state index in [2.05, 4.69) is 5.32 Å². The maximum absolute atomic E-state index is 13.2. The van der Waals surface area contributed by atoms with Gasteiger partial charge >= 0.3 is 0 Å². The Kier molecular flexibility index (Phi) is 2.77. The van der Waals surface area contributed by atoms with E-state index in [1.54, 1.807) is 12.1 Å². The Balaban J connectivity index is 2.24. The maximum atomic E-state index is 13.2. The Morgan fingerprint density at radius 2 is 1.81 bits per heavy atom. The van der Waals surface area contributed by atoms with Crippen LogP contribution in [0.1, 0.15) is 5.56 Å². The number of benzene rings is 2. The van der Waals surface area contributed by atoms with Gasteiger partial charge in [0.15, 0.2) is 0 Å². The summed E-state index contributed by atoms with van der Waals surface area (Å²) in [5.41, 5.74) is 8.35. The van der Waals surface area contributed by atoms with Crippen molar-refractivity contribution in [2.75, 3.05) is 11.1 Å². The second-order valence-electron chi connectivity index (χ2n) is 3.73. The predicted molar refractivity (Wildman–Crippen MR) is 65.3 cm³/mol. The molecule has 0 saturated carbocycles. The molecule has 82 valence electrons. The van der Waals surface area contributed by atoms with Gasteiger partial charge in [0.25, 0.3) is 0 Å². The number of halogens is 1. The van der Waals surface area contributed by atoms with E-state index in [-0.39, 0.29) is 5.69 Å². The Bertz CT molecular complexity index is 509. The summed E-state index contributed by atoms with van der Waals surface area (Å²) in [5, 5.41) is 3.12. The van der Waals surface area contributed by atoms with Crippen molar-refractivity contribution in [1.29, 1.82) is 0 Å². The average molecular weight is 216 g/mol. The Morgan fingerprint density at radius 3 is 2.50 bits per heavy atom. The summed E-state index contributed by atoms with van der Waals surface area (Å²) in [7, 11) is 0. The van der Waals surface area contributed by atoms with Crippen LogP contribution in [-0.2, 0) is 0 Å². The van der Waals surface area contributed by atoms with Gasteiger partial charge in [0.05, 0.1) is 5.69 Å². The van der Waals surface area contributed by atoms with Crippen LogP contribution < -0.4 is 11.1 Å². The normalized spacial score (nSPS) is 10.1. The lowest BCUT2D eigenvalue weighted by Crippen LogP contribution is -1.94. The minimum absolute atomic E-state index is 0.162. The van der Waals surface area contributed by atoms with Crippen LogP contribution in [0.2, 0.25) is 0 Å². The third-order valence-corrected chi connectivity index (χ3v) is 2.31. The molecule has 3 heteroatoms. The Labute approximate surface area is 93.9 Å². The molecule has 0 aliphatic carbocycles. The van der Waals surface area contributed by atoms with Gasteiger partial charge in [-0.25, -0.2) is 4.39 Å². The molecule has 0 bridgehead atoms. The van der Waals surface area contributed by atoms with E-state index in [1.807, 2.05) is 31.2 Å². The van der Waals surface area contributed by atoms with Gasteiger partial charge in [-0.1, -0.05) is 12.1 Å². The van der Waals surface area contributed by atoms with Crippen molar-refractivity contribution in [1.82, 2.24) is 0 Å². The van der Waals surface area contributed by atoms with E-state index in [0.29, 0.717) is 5.69 Å². The molecule has 0 saturated heterocycles. The number of rotatable bonds is 2. The molecule has 2 aromatic rings. The molecule has 2 nitrogen and oxygen atoms in total. The fourth-order valence-corrected chi connectivity index (χ4v) is 1.49. The molecule has 3 N–H and O–H groups in total. The van der Waals surface area contributed by atoms with E-state index in [4.69, 9.17) is 5.73 Å². The monoisotopic (exact) mass is 216 g/mol. The fourth-order valence-electron chi connectivity index (χ4n) is 1.49. The van der Waals surface area contributed by atoms with E-state index in [1.165, 1.54) is 6.07 Å². The van der Waals surface area contributed by atoms with Gasteiger partial charge in [0.1, 0.15) is 5.82 Å². The SMILES string of the molecule is Cc1cccc(Nc2ccc(N)c(F)c2)c1. The quantitative estimate of drug-likeness (QED) is 0.754. The highest BCUT2D eigenvalue weighted by atomic mass is 19.1. The summed E-state index contributed by atoms with van der Waals surface area (Å²) < 4.78 is 13.2. The van der Waals surface area contributed by atoms with Crippen LogP contribution in [0.5, 0.6) is 0 Å². The van der Waals surface area contributed by atoms with Crippen molar-refractivity contribution < 1.29 is 4.39 Å². The highest BCUT2D eigenvalue weighted by Gasteiger charge is 2.00. The smallest absolute Gasteiger partial charge is 0.148 e. The van der Waals surface area contributed by atoms with Crippen LogP contribution in [0.4, 0.5) is 21.5 Å². The summed E-state index contributed by atoms with van der Waals surface area (Å²) in [6.45, 7) is 2.01. The first-order valence-corrected chi connectivity index (χ1v) is 5.04. The molecule has 0 aromatic heterocycles. The first kappa shape index (κ1) is 10.5. The number of anilines is 3. The van der Waals surface area contributed by atoms with Crippen LogP contribution in [-0.4, -0.2) is 0 Å². The average Bonchev–Trinajstić information content (AvgIpc) is 2.24. The molecule has 0 amide bonds. The van der Waals surface area contributed by atoms with E-state index < -0.39 is 5.82 Å². The molecular weight excluding hydrogens is 203 g/mol. The Morgan fingerprint density at radius 1 is 1.06 bits per heavy atom. The maximum Gasteiger partial charge on any atom is 0.148 e. The standard InChI is InChI=1S/C13H13FN2/c1-9-3-2-4-10(7-9)16-11-5-6-13(15)12(14)8-11/h2-8,16H,15H2,1H3. The van der Waals surface area contributed by atoms with Crippen molar-refractivity contribution in [2.45, 2.75) is 6.92 Å². The summed E-state index contributed by atoms with van der Waals surface area (Å²) in [4.78, 5) is 0. The van der Waals surface area contributed by atoms with Crippen molar-refractivity contribution >= 4 is 17.1 Å². The zero-order valence-corrected chi connectivity index (χ0v) is 9.00. The number of hydrogen-bond acceptors (Lipinski definition) is 2. The van der Waals surface area contributed by atoms with Crippen LogP contribution in [0, 0.1) is 12.7 Å². The van der Waals surface area contributed by atoms with Crippen molar-refractivity contribution in [3.05, 3.63) is 53.8 Å². The highest BCUT2D eigenvalue weighted by Crippen LogP contribution is 2.20. The molecular formula is C13H13FN2. The number of nitrogen functional groups attached to an aromatic ring is 1. The summed E-state index contributed by atoms with van der Waals surface area (Å²) in [6.07, 6.45) is 0. The third kappa shape index (κ3) is 2.31. The first-order chi connectivity index (χ1) is 7.65. The zero-order valence-electron chi connectivity index (χ0n) is 9.00. The van der Waals surface area contributed by atoms with Crippen molar-refractivity contribution in [3.8, 4) is 0 Å². The number of hydrogen-bond donors (Lipinski definition) is 2. The number of nitrogens with one attached hydrogen (secondary N) is 1. The molecule has 0 atom stereocenters. The van der Waals surface area contributed by atoms with E-state index >= 15 is 0 Å². The Hall–Kier alpha value is -2.03. The molecule has 0 aliphatic heterocycles. The number of nitrogens with two attached hydrogens (primary N) is 1. The van der Waals surface area contributed by atoms with Crippen LogP contribution in [0.15, 0.2) is 42.5 Å². The summed E-state index contributed by atoms with van der Waals surface area (Å²) in [6, 6.07) is 12.6. The lowest BCUT2D eigenvalue weighted by atomic mass is 10.2. The minimum Gasteiger partial charge on any atom is -0.396 e. The van der Waals surface area contributed by atoms with E-state index in [0.717, 1.165) is 11.3 Å². The van der Waals surface area contributed by atoms with Gasteiger partial charge in [0.2, 0.25) is 0 Å². The summed E-state index contributed by atoms with van der Waals surface area (Å²) in [5.74, 6) is -0.405. The molecule has 16 heavy (non-hydrogen) atoms. The lowest BCUT2D eigenvalue weighted by Gasteiger charge is -2.07. The summed E-state index contributed by atoms with van der Waals surface area (Å²) >= 11 is 0. The van der Waals surface area contributed by atoms with Gasteiger partial charge in [0, 0.05) is 11.4 Å². The molecule has 0 fully saturated rings. The van der Waals surface area contributed by atoms with Gasteiger partial charge in [-0.15, -0.1) is 0 Å². The molecule has 2 aromatic carbocycles. The fraction of sp³-hybridized carbons (Fsp3) is 0.0769. The lowest BCUT2D eigenvalue weighted by molar-refractivity contribution is 0.633. The first-order valence-electron chi connectivity index (χ1n) is 5.04. The van der Waals surface area contributed by atoms with E-state index in [9.17, 15) is 4.39 Å². The van der Waals surface area contributed by atoms with Gasteiger partial charge in [-0.3, -0.25) is 0 Å². The molecule has 2 rings (SSSR count). The van der Waals surface area contributed by atoms with Crippen LogP contribution >= 0.6 is 0 Å². The predicted octanol–water partition coefficient (Wildman–Crippen LogP) is 3.46.